The third-order valence-electron chi connectivity index (χ3n) is 2.80. The van der Waals surface area contributed by atoms with Crippen LogP contribution in [0.15, 0.2) is 14.4 Å². The Balaban J connectivity index is 3.50. The van der Waals surface area contributed by atoms with Gasteiger partial charge in [0.15, 0.2) is 0 Å². The highest BCUT2D eigenvalue weighted by molar-refractivity contribution is 5.75. The Morgan fingerprint density at radius 3 is 1.57 bits per heavy atom. The number of hydrogen-bond donors (Lipinski definition) is 0. The zero-order valence-electron chi connectivity index (χ0n) is 12.3. The molecule has 1 rings (SSSR count). The summed E-state index contributed by atoms with van der Waals surface area (Å²) < 4.78 is 12.2. The molecule has 0 saturated carbocycles. The first-order valence-corrected chi connectivity index (χ1v) is 6.35. The Kier molecular flexibility index (Phi) is 6.25. The highest BCUT2D eigenvalue weighted by atomic mass is 16.5. The van der Waals surface area contributed by atoms with Crippen molar-refractivity contribution in [2.75, 3.05) is 27.4 Å². The van der Waals surface area contributed by atoms with Crippen molar-refractivity contribution in [2.24, 2.45) is 0 Å². The van der Waals surface area contributed by atoms with Crippen LogP contribution in [0.2, 0.25) is 0 Å². The van der Waals surface area contributed by atoms with Gasteiger partial charge in [0, 0.05) is 14.2 Å². The van der Waals surface area contributed by atoms with Gasteiger partial charge in [-0.25, -0.2) is 28.1 Å². The van der Waals surface area contributed by atoms with Crippen molar-refractivity contribution >= 4 is 5.78 Å². The molecule has 0 spiro atoms. The van der Waals surface area contributed by atoms with Gasteiger partial charge in [0.2, 0.25) is 0 Å². The van der Waals surface area contributed by atoms with Gasteiger partial charge in [-0.1, -0.05) is 0 Å². The lowest BCUT2D eigenvalue weighted by molar-refractivity contribution is -0.117. The molecular formula is C12H19N3O6. The second kappa shape index (κ2) is 7.70. The molecule has 0 unspecified atom stereocenters. The summed E-state index contributed by atoms with van der Waals surface area (Å²) in [6, 6.07) is 0. The number of aromatic nitrogens is 3. The van der Waals surface area contributed by atoms with Crippen molar-refractivity contribution in [3.05, 3.63) is 31.5 Å². The molecule has 0 aromatic carbocycles. The molecule has 118 valence electrons. The quantitative estimate of drug-likeness (QED) is 0.553. The Hall–Kier alpha value is -2.00. The van der Waals surface area contributed by atoms with Gasteiger partial charge in [0.1, 0.15) is 5.78 Å². The Labute approximate surface area is 120 Å². The van der Waals surface area contributed by atoms with Crippen LogP contribution >= 0.6 is 0 Å². The number of nitrogens with zero attached hydrogens (tertiary/aromatic N) is 3. The molecule has 0 aliphatic heterocycles. The van der Waals surface area contributed by atoms with Crippen LogP contribution in [0.3, 0.4) is 0 Å². The molecule has 1 aromatic rings. The topological polar surface area (TPSA) is 102 Å². The van der Waals surface area contributed by atoms with E-state index in [9.17, 15) is 19.2 Å². The van der Waals surface area contributed by atoms with Gasteiger partial charge in [-0.05, 0) is 6.92 Å². The molecule has 0 aliphatic rings. The third kappa shape index (κ3) is 3.99. The van der Waals surface area contributed by atoms with E-state index in [1.54, 1.807) is 0 Å². The molecule has 0 N–H and O–H groups in total. The molecule has 0 atom stereocenters. The van der Waals surface area contributed by atoms with Crippen LogP contribution in [-0.4, -0.2) is 46.9 Å². The van der Waals surface area contributed by atoms with Gasteiger partial charge in [0.05, 0.1) is 32.8 Å². The minimum absolute atomic E-state index is 0.000661. The number of ether oxygens (including phenoxy) is 2. The monoisotopic (exact) mass is 301 g/mol. The molecule has 0 fully saturated rings. The van der Waals surface area contributed by atoms with E-state index in [1.165, 1.54) is 21.1 Å². The van der Waals surface area contributed by atoms with Crippen LogP contribution in [0, 0.1) is 0 Å². The second-order valence-electron chi connectivity index (χ2n) is 4.42. The van der Waals surface area contributed by atoms with Crippen LogP contribution in [0.1, 0.15) is 6.92 Å². The van der Waals surface area contributed by atoms with Gasteiger partial charge in [0.25, 0.3) is 0 Å². The number of carbonyl (C=O) groups excluding carboxylic acids is 1. The van der Waals surface area contributed by atoms with Crippen molar-refractivity contribution in [3.63, 3.8) is 0 Å². The third-order valence-corrected chi connectivity index (χ3v) is 2.80. The van der Waals surface area contributed by atoms with E-state index in [0.717, 1.165) is 13.7 Å². The average Bonchev–Trinajstić information content (AvgIpc) is 2.43. The van der Waals surface area contributed by atoms with Gasteiger partial charge in [-0.15, -0.1) is 0 Å². The first-order chi connectivity index (χ1) is 9.93. The summed E-state index contributed by atoms with van der Waals surface area (Å²) in [4.78, 5) is 47.7. The van der Waals surface area contributed by atoms with Gasteiger partial charge in [-0.3, -0.25) is 4.79 Å². The fourth-order valence-corrected chi connectivity index (χ4v) is 1.79. The lowest BCUT2D eigenvalue weighted by Gasteiger charge is -2.12. The zero-order valence-corrected chi connectivity index (χ0v) is 12.3. The summed E-state index contributed by atoms with van der Waals surface area (Å²) in [5, 5.41) is 0. The summed E-state index contributed by atoms with van der Waals surface area (Å²) in [6.45, 7) is 1.15. The van der Waals surface area contributed by atoms with Crippen molar-refractivity contribution in [1.82, 2.24) is 13.7 Å². The Morgan fingerprint density at radius 1 is 0.857 bits per heavy atom. The van der Waals surface area contributed by atoms with Crippen molar-refractivity contribution in [3.8, 4) is 0 Å². The predicted octanol–water partition coefficient (Wildman–Crippen LogP) is -1.95. The number of ketones is 1. The lowest BCUT2D eigenvalue weighted by Crippen LogP contribution is -2.55. The minimum Gasteiger partial charge on any atom is -0.383 e. The molecule has 0 bridgehead atoms. The molecule has 1 aromatic heterocycles. The van der Waals surface area contributed by atoms with E-state index >= 15 is 0 Å². The van der Waals surface area contributed by atoms with Gasteiger partial charge >= 0.3 is 17.1 Å². The van der Waals surface area contributed by atoms with Crippen molar-refractivity contribution in [1.29, 1.82) is 0 Å². The standard InChI is InChI=1S/C12H19N3O6/c1-9(16)8-15-11(18)13(4-6-20-2)10(17)14(12(15)19)5-7-21-3/h4-8H2,1-3H3. The predicted molar refractivity (Wildman–Crippen MR) is 73.7 cm³/mol. The number of rotatable bonds is 8. The van der Waals surface area contributed by atoms with Crippen LogP contribution < -0.4 is 17.1 Å². The summed E-state index contributed by atoms with van der Waals surface area (Å²) in [7, 11) is 2.86. The number of carbonyl (C=O) groups is 1. The highest BCUT2D eigenvalue weighted by Crippen LogP contribution is 1.81. The summed E-state index contributed by atoms with van der Waals surface area (Å²) in [5.41, 5.74) is -2.37. The summed E-state index contributed by atoms with van der Waals surface area (Å²) >= 11 is 0. The Morgan fingerprint density at radius 2 is 1.24 bits per heavy atom. The highest BCUT2D eigenvalue weighted by Gasteiger charge is 2.16. The van der Waals surface area contributed by atoms with E-state index in [-0.39, 0.29) is 38.6 Å². The summed E-state index contributed by atoms with van der Waals surface area (Å²) in [5.74, 6) is -0.357. The normalized spacial score (nSPS) is 10.8. The van der Waals surface area contributed by atoms with E-state index in [2.05, 4.69) is 0 Å². The molecule has 1 heterocycles. The first-order valence-electron chi connectivity index (χ1n) is 6.35. The van der Waals surface area contributed by atoms with Crippen LogP contribution in [-0.2, 0) is 33.9 Å². The minimum atomic E-state index is -0.814. The molecule has 21 heavy (non-hydrogen) atoms. The fourth-order valence-electron chi connectivity index (χ4n) is 1.79. The molecule has 0 aliphatic carbocycles. The number of methoxy groups -OCH3 is 2. The maximum atomic E-state index is 12.2. The van der Waals surface area contributed by atoms with E-state index in [0.29, 0.717) is 0 Å². The summed E-state index contributed by atoms with van der Waals surface area (Å²) in [6.07, 6.45) is 0. The van der Waals surface area contributed by atoms with Crippen molar-refractivity contribution < 1.29 is 14.3 Å². The van der Waals surface area contributed by atoms with Crippen LogP contribution in [0.4, 0.5) is 0 Å². The smallest absolute Gasteiger partial charge is 0.336 e. The molecule has 0 amide bonds. The van der Waals surface area contributed by atoms with E-state index in [4.69, 9.17) is 9.47 Å². The lowest BCUT2D eigenvalue weighted by atomic mass is 10.4. The van der Waals surface area contributed by atoms with E-state index in [1.807, 2.05) is 0 Å². The van der Waals surface area contributed by atoms with Crippen LogP contribution in [0.5, 0.6) is 0 Å². The van der Waals surface area contributed by atoms with Crippen LogP contribution in [0.25, 0.3) is 0 Å². The first kappa shape index (κ1) is 17.1. The molecule has 0 saturated heterocycles. The second-order valence-corrected chi connectivity index (χ2v) is 4.42. The van der Waals surface area contributed by atoms with Gasteiger partial charge in [-0.2, -0.15) is 0 Å². The molecular weight excluding hydrogens is 282 g/mol. The zero-order chi connectivity index (χ0) is 16.0. The maximum absolute atomic E-state index is 12.2. The maximum Gasteiger partial charge on any atom is 0.336 e. The van der Waals surface area contributed by atoms with Crippen molar-refractivity contribution in [2.45, 2.75) is 26.6 Å². The largest absolute Gasteiger partial charge is 0.383 e. The molecule has 9 nitrogen and oxygen atoms in total. The SMILES string of the molecule is COCCn1c(=O)n(CCOC)c(=O)n(CC(C)=O)c1=O. The fraction of sp³-hybridized carbons (Fsp3) is 0.667. The van der Waals surface area contributed by atoms with E-state index < -0.39 is 17.1 Å². The average molecular weight is 301 g/mol. The molecule has 9 heteroatoms. The number of hydrogen-bond acceptors (Lipinski definition) is 6. The number of Topliss-reactive ketones (excluding diaryl/α,β-unsaturated/α-hetero) is 1. The van der Waals surface area contributed by atoms with Gasteiger partial charge < -0.3 is 9.47 Å². The molecule has 0 radical (unpaired) electrons. The Bertz CT molecular complexity index is 623.